The molecule has 21 heavy (non-hydrogen) atoms. The molecule has 2 aromatic rings. The van der Waals surface area contributed by atoms with E-state index in [0.717, 1.165) is 18.0 Å². The maximum atomic E-state index is 4.77. The van der Waals surface area contributed by atoms with Gasteiger partial charge in [-0.05, 0) is 45.4 Å². The lowest BCUT2D eigenvalue weighted by Gasteiger charge is -2.24. The minimum atomic E-state index is 0.424. The molecule has 3 nitrogen and oxygen atoms in total. The first-order valence-corrected chi connectivity index (χ1v) is 8.46. The van der Waals surface area contributed by atoms with Crippen LogP contribution in [-0.2, 0) is 12.2 Å². The molecule has 110 valence electrons. The van der Waals surface area contributed by atoms with E-state index in [1.54, 1.807) is 11.8 Å². The highest BCUT2D eigenvalue weighted by Crippen LogP contribution is 2.28. The minimum absolute atomic E-state index is 0.424. The molecule has 0 amide bonds. The number of aryl methyl sites for hydroxylation is 2. The first-order chi connectivity index (χ1) is 10.3. The van der Waals surface area contributed by atoms with Crippen LogP contribution in [0.2, 0.25) is 0 Å². The second-order valence-electron chi connectivity index (χ2n) is 5.52. The Labute approximate surface area is 130 Å². The molecule has 1 unspecified atom stereocenters. The number of thioether (sulfide) groups is 1. The third kappa shape index (κ3) is 3.44. The van der Waals surface area contributed by atoms with Crippen LogP contribution in [-0.4, -0.2) is 17.0 Å². The topological polar surface area (TPSA) is 37.8 Å². The first-order valence-electron chi connectivity index (χ1n) is 7.47. The molecule has 1 N–H and O–H groups in total. The Balaban J connectivity index is 1.70. The normalized spacial score (nSPS) is 17.5. The number of hydrogen-bond donors (Lipinski definition) is 1. The van der Waals surface area contributed by atoms with Crippen LogP contribution in [0, 0.1) is 6.92 Å². The molecular formula is C17H21N3S. The zero-order valence-electron chi connectivity index (χ0n) is 12.6. The van der Waals surface area contributed by atoms with Gasteiger partial charge in [0.25, 0.3) is 0 Å². The van der Waals surface area contributed by atoms with Gasteiger partial charge in [-0.15, -0.1) is 11.8 Å². The minimum Gasteiger partial charge on any atom is -0.313 e. The number of nitrogens with one attached hydrogen (secondary N) is 1. The largest absolute Gasteiger partial charge is 0.313 e. The number of nitrogens with zero attached hydrogens (tertiary/aromatic N) is 2. The van der Waals surface area contributed by atoms with Crippen LogP contribution in [0.4, 0.5) is 0 Å². The van der Waals surface area contributed by atoms with Crippen molar-refractivity contribution in [1.82, 2.24) is 15.3 Å². The van der Waals surface area contributed by atoms with E-state index in [1.165, 1.54) is 34.6 Å². The molecule has 3 rings (SSSR count). The molecule has 1 aromatic heterocycles. The van der Waals surface area contributed by atoms with Gasteiger partial charge in [0.2, 0.25) is 0 Å². The fraction of sp³-hybridized carbons (Fsp3) is 0.412. The van der Waals surface area contributed by atoms with E-state index in [9.17, 15) is 0 Å². The number of aromatic nitrogens is 2. The lowest BCUT2D eigenvalue weighted by molar-refractivity contribution is 0.486. The molecule has 0 aliphatic heterocycles. The summed E-state index contributed by atoms with van der Waals surface area (Å²) < 4.78 is 0. The van der Waals surface area contributed by atoms with Crippen molar-refractivity contribution in [3.8, 4) is 0 Å². The van der Waals surface area contributed by atoms with Gasteiger partial charge in [-0.3, -0.25) is 0 Å². The monoisotopic (exact) mass is 299 g/mol. The van der Waals surface area contributed by atoms with E-state index in [1.807, 2.05) is 13.2 Å². The molecule has 0 fully saturated rings. The molecule has 0 saturated carbocycles. The fourth-order valence-corrected chi connectivity index (χ4v) is 3.50. The Bertz CT molecular complexity index is 610. The van der Waals surface area contributed by atoms with E-state index < -0.39 is 0 Å². The Morgan fingerprint density at radius 1 is 1.29 bits per heavy atom. The number of fused-ring (bicyclic) bond motifs is 1. The van der Waals surface area contributed by atoms with Gasteiger partial charge in [-0.1, -0.05) is 17.7 Å². The molecular weight excluding hydrogens is 278 g/mol. The summed E-state index contributed by atoms with van der Waals surface area (Å²) in [7, 11) is 2.01. The summed E-state index contributed by atoms with van der Waals surface area (Å²) in [5.41, 5.74) is 3.81. The second-order valence-corrected chi connectivity index (χ2v) is 6.57. The van der Waals surface area contributed by atoms with Crippen LogP contribution in [0.1, 0.15) is 41.5 Å². The van der Waals surface area contributed by atoms with Crippen molar-refractivity contribution in [2.75, 3.05) is 7.05 Å². The number of hydrogen-bond acceptors (Lipinski definition) is 4. The van der Waals surface area contributed by atoms with E-state index in [0.29, 0.717) is 6.04 Å². The number of benzene rings is 1. The summed E-state index contributed by atoms with van der Waals surface area (Å²) in [5.74, 6) is 1.77. The van der Waals surface area contributed by atoms with Crippen LogP contribution in [0.5, 0.6) is 0 Å². The molecule has 1 atom stereocenters. The smallest absolute Gasteiger partial charge is 0.138 e. The summed E-state index contributed by atoms with van der Waals surface area (Å²) in [6, 6.07) is 9.04. The van der Waals surface area contributed by atoms with Gasteiger partial charge < -0.3 is 5.32 Å². The predicted octanol–water partition coefficient (Wildman–Crippen LogP) is 3.67. The SMILES string of the molecule is CNC1CCCc2nc(CSc3ccc(C)cc3)ncc21. The standard InChI is InChI=1S/C17H21N3S/c1-12-6-8-13(9-7-12)21-11-17-19-10-14-15(18-2)4-3-5-16(14)20-17/h6-10,15,18H,3-5,11H2,1-2H3. The fourth-order valence-electron chi connectivity index (χ4n) is 2.74. The van der Waals surface area contributed by atoms with Crippen molar-refractivity contribution in [2.24, 2.45) is 0 Å². The zero-order valence-corrected chi connectivity index (χ0v) is 13.4. The van der Waals surface area contributed by atoms with Crippen LogP contribution in [0.15, 0.2) is 35.4 Å². The molecule has 0 radical (unpaired) electrons. The molecule has 1 heterocycles. The third-order valence-electron chi connectivity index (χ3n) is 3.97. The predicted molar refractivity (Wildman–Crippen MR) is 87.5 cm³/mol. The Kier molecular flexibility index (Phi) is 4.56. The molecule has 1 aromatic carbocycles. The van der Waals surface area contributed by atoms with Gasteiger partial charge in [0.05, 0.1) is 5.75 Å². The van der Waals surface area contributed by atoms with Crippen LogP contribution in [0.3, 0.4) is 0 Å². The molecule has 0 bridgehead atoms. The highest BCUT2D eigenvalue weighted by atomic mass is 32.2. The van der Waals surface area contributed by atoms with Crippen molar-refractivity contribution < 1.29 is 0 Å². The Morgan fingerprint density at radius 2 is 2.10 bits per heavy atom. The lowest BCUT2D eigenvalue weighted by Crippen LogP contribution is -2.23. The zero-order chi connectivity index (χ0) is 14.7. The van der Waals surface area contributed by atoms with Gasteiger partial charge in [-0.2, -0.15) is 0 Å². The lowest BCUT2D eigenvalue weighted by atomic mass is 9.92. The van der Waals surface area contributed by atoms with E-state index in [-0.39, 0.29) is 0 Å². The maximum Gasteiger partial charge on any atom is 0.138 e. The Hall–Kier alpha value is -1.39. The molecule has 4 heteroatoms. The van der Waals surface area contributed by atoms with Gasteiger partial charge in [0, 0.05) is 28.4 Å². The Morgan fingerprint density at radius 3 is 2.86 bits per heavy atom. The summed E-state index contributed by atoms with van der Waals surface area (Å²) >= 11 is 1.80. The maximum absolute atomic E-state index is 4.77. The number of rotatable bonds is 4. The summed E-state index contributed by atoms with van der Waals surface area (Å²) in [6.07, 6.45) is 5.50. The van der Waals surface area contributed by atoms with Crippen molar-refractivity contribution in [3.05, 3.63) is 53.1 Å². The molecule has 0 saturated heterocycles. The van der Waals surface area contributed by atoms with Crippen molar-refractivity contribution in [1.29, 1.82) is 0 Å². The summed E-state index contributed by atoms with van der Waals surface area (Å²) in [5, 5.41) is 3.36. The summed E-state index contributed by atoms with van der Waals surface area (Å²) in [4.78, 5) is 10.6. The van der Waals surface area contributed by atoms with Gasteiger partial charge in [-0.25, -0.2) is 9.97 Å². The van der Waals surface area contributed by atoms with Gasteiger partial charge in [0.15, 0.2) is 0 Å². The average molecular weight is 299 g/mol. The molecule has 1 aliphatic rings. The highest BCUT2D eigenvalue weighted by molar-refractivity contribution is 7.98. The van der Waals surface area contributed by atoms with Crippen LogP contribution < -0.4 is 5.32 Å². The second kappa shape index (κ2) is 6.58. The van der Waals surface area contributed by atoms with Crippen molar-refractivity contribution in [2.45, 2.75) is 42.9 Å². The van der Waals surface area contributed by atoms with Gasteiger partial charge in [0.1, 0.15) is 5.82 Å². The first kappa shape index (κ1) is 14.5. The molecule has 1 aliphatic carbocycles. The summed E-state index contributed by atoms with van der Waals surface area (Å²) in [6.45, 7) is 2.11. The van der Waals surface area contributed by atoms with E-state index in [2.05, 4.69) is 41.5 Å². The van der Waals surface area contributed by atoms with E-state index >= 15 is 0 Å². The van der Waals surface area contributed by atoms with Crippen LogP contribution >= 0.6 is 11.8 Å². The third-order valence-corrected chi connectivity index (χ3v) is 4.98. The van der Waals surface area contributed by atoms with Crippen molar-refractivity contribution in [3.63, 3.8) is 0 Å². The highest BCUT2D eigenvalue weighted by Gasteiger charge is 2.20. The van der Waals surface area contributed by atoms with Crippen molar-refractivity contribution >= 4 is 11.8 Å². The van der Waals surface area contributed by atoms with Crippen LogP contribution in [0.25, 0.3) is 0 Å². The quantitative estimate of drug-likeness (QED) is 0.874. The van der Waals surface area contributed by atoms with E-state index in [4.69, 9.17) is 4.98 Å². The average Bonchev–Trinajstić information content (AvgIpc) is 2.53. The molecule has 0 spiro atoms. The van der Waals surface area contributed by atoms with Gasteiger partial charge >= 0.3 is 0 Å².